The van der Waals surface area contributed by atoms with Crippen LogP contribution >= 0.6 is 0 Å². The number of amides is 2. The van der Waals surface area contributed by atoms with Gasteiger partial charge in [-0.3, -0.25) is 14.5 Å². The Bertz CT molecular complexity index is 745. The highest BCUT2D eigenvalue weighted by Gasteiger charge is 2.28. The van der Waals surface area contributed by atoms with Crippen LogP contribution in [-0.4, -0.2) is 54.5 Å². The summed E-state index contributed by atoms with van der Waals surface area (Å²) in [5.41, 5.74) is -0.360. The van der Waals surface area contributed by atoms with E-state index in [1.807, 2.05) is 27.7 Å². The lowest BCUT2D eigenvalue weighted by Gasteiger charge is -2.36. The topological polar surface area (TPSA) is 70.7 Å². The van der Waals surface area contributed by atoms with E-state index in [1.165, 1.54) is 0 Å². The summed E-state index contributed by atoms with van der Waals surface area (Å²) in [6.07, 6.45) is 1.60. The smallest absolute Gasteiger partial charge is 0.387 e. The molecule has 0 aromatic heterocycles. The molecule has 6 nitrogen and oxygen atoms in total. The van der Waals surface area contributed by atoms with E-state index in [1.54, 1.807) is 0 Å². The molecule has 0 aliphatic carbocycles. The molecule has 1 unspecified atom stereocenters. The van der Waals surface area contributed by atoms with Crippen LogP contribution in [0, 0.1) is 11.7 Å². The number of carbonyl (C=O) groups is 2. The van der Waals surface area contributed by atoms with E-state index in [4.69, 9.17) is 0 Å². The largest absolute Gasteiger partial charge is 0.435 e. The van der Waals surface area contributed by atoms with Crippen LogP contribution in [0.15, 0.2) is 18.2 Å². The zero-order valence-corrected chi connectivity index (χ0v) is 17.8. The van der Waals surface area contributed by atoms with Crippen LogP contribution in [0.4, 0.5) is 13.2 Å². The number of piperidine rings is 1. The number of carbonyl (C=O) groups excluding carboxylic acids is 2. The Morgan fingerprint density at radius 3 is 2.40 bits per heavy atom. The monoisotopic (exact) mass is 429 g/mol. The second-order valence-electron chi connectivity index (χ2n) is 8.66. The van der Waals surface area contributed by atoms with Gasteiger partial charge in [0.25, 0.3) is 5.91 Å². The predicted molar refractivity (Wildman–Crippen MR) is 107 cm³/mol. The maximum Gasteiger partial charge on any atom is 0.387 e. The fourth-order valence-electron chi connectivity index (χ4n) is 3.39. The van der Waals surface area contributed by atoms with Crippen molar-refractivity contribution in [3.8, 4) is 5.75 Å². The summed E-state index contributed by atoms with van der Waals surface area (Å²) in [4.78, 5) is 26.7. The minimum Gasteiger partial charge on any atom is -0.435 e. The van der Waals surface area contributed by atoms with Crippen LogP contribution in [0.3, 0.4) is 0 Å². The third kappa shape index (κ3) is 7.51. The molecule has 1 aromatic rings. The molecule has 9 heteroatoms. The Labute approximate surface area is 175 Å². The molecule has 0 saturated carbocycles. The van der Waals surface area contributed by atoms with Crippen molar-refractivity contribution in [2.45, 2.75) is 58.7 Å². The van der Waals surface area contributed by atoms with Crippen LogP contribution in [-0.2, 0) is 4.79 Å². The van der Waals surface area contributed by atoms with Crippen molar-refractivity contribution in [2.24, 2.45) is 5.92 Å². The van der Waals surface area contributed by atoms with Crippen molar-refractivity contribution in [3.05, 3.63) is 29.6 Å². The fraction of sp³-hybridized carbons (Fsp3) is 0.619. The summed E-state index contributed by atoms with van der Waals surface area (Å²) in [5.74, 6) is -1.57. The molecule has 1 aliphatic heterocycles. The number of halogens is 3. The summed E-state index contributed by atoms with van der Waals surface area (Å²) in [7, 11) is 0. The van der Waals surface area contributed by atoms with Gasteiger partial charge < -0.3 is 15.4 Å². The van der Waals surface area contributed by atoms with Crippen molar-refractivity contribution in [2.75, 3.05) is 19.6 Å². The first-order valence-corrected chi connectivity index (χ1v) is 10.0. The molecule has 1 fully saturated rings. The van der Waals surface area contributed by atoms with Crippen molar-refractivity contribution >= 4 is 11.8 Å². The van der Waals surface area contributed by atoms with E-state index in [0.29, 0.717) is 6.54 Å². The number of benzene rings is 1. The molecule has 1 saturated heterocycles. The lowest BCUT2D eigenvalue weighted by atomic mass is 9.95. The molecular weight excluding hydrogens is 399 g/mol. The van der Waals surface area contributed by atoms with E-state index in [0.717, 1.165) is 44.1 Å². The molecule has 2 amide bonds. The summed E-state index contributed by atoms with van der Waals surface area (Å²) >= 11 is 0. The van der Waals surface area contributed by atoms with Gasteiger partial charge in [-0.2, -0.15) is 8.78 Å². The Balaban J connectivity index is 1.83. The van der Waals surface area contributed by atoms with Gasteiger partial charge >= 0.3 is 6.61 Å². The molecule has 1 heterocycles. The highest BCUT2D eigenvalue weighted by molar-refractivity contribution is 5.94. The molecule has 0 spiro atoms. The van der Waals surface area contributed by atoms with Crippen molar-refractivity contribution in [3.63, 3.8) is 0 Å². The Morgan fingerprint density at radius 1 is 1.20 bits per heavy atom. The third-order valence-corrected chi connectivity index (χ3v) is 4.98. The molecular formula is C21H30F3N3O3. The van der Waals surface area contributed by atoms with Gasteiger partial charge in [0.15, 0.2) is 0 Å². The lowest BCUT2D eigenvalue weighted by Crippen LogP contribution is -2.53. The highest BCUT2D eigenvalue weighted by atomic mass is 19.3. The molecule has 2 rings (SSSR count). The quantitative estimate of drug-likeness (QED) is 0.699. The molecule has 2 N–H and O–H groups in total. The van der Waals surface area contributed by atoms with E-state index in [2.05, 4.69) is 20.3 Å². The van der Waals surface area contributed by atoms with Crippen LogP contribution in [0.5, 0.6) is 5.75 Å². The fourth-order valence-corrected chi connectivity index (χ4v) is 3.39. The van der Waals surface area contributed by atoms with Crippen LogP contribution in [0.25, 0.3) is 0 Å². The number of nitrogens with zero attached hydrogens (tertiary/aromatic N) is 1. The first-order chi connectivity index (χ1) is 13.9. The SMILES string of the molecule is CC(C(=O)NC(C)(C)C)N1CCC(CNC(=O)c2cc(F)cc(OC(F)F)c2)CC1. The van der Waals surface area contributed by atoms with Gasteiger partial charge in [0.1, 0.15) is 11.6 Å². The number of likely N-dealkylation sites (tertiary alicyclic amines) is 1. The first kappa shape index (κ1) is 24.0. The molecule has 0 radical (unpaired) electrons. The molecule has 168 valence electrons. The average molecular weight is 429 g/mol. The molecule has 1 aliphatic rings. The second kappa shape index (κ2) is 10.1. The minimum absolute atomic E-state index is 0.0119. The minimum atomic E-state index is -3.10. The van der Waals surface area contributed by atoms with Gasteiger partial charge in [-0.05, 0) is 71.7 Å². The zero-order chi connectivity index (χ0) is 22.5. The number of alkyl halides is 2. The Kier molecular flexibility index (Phi) is 8.11. The van der Waals surface area contributed by atoms with Gasteiger partial charge in [-0.1, -0.05) is 0 Å². The summed E-state index contributed by atoms with van der Waals surface area (Å²) in [6, 6.07) is 2.63. The van der Waals surface area contributed by atoms with Gasteiger partial charge in [0.2, 0.25) is 5.91 Å². The summed E-state index contributed by atoms with van der Waals surface area (Å²) in [6.45, 7) is 6.44. The maximum absolute atomic E-state index is 13.6. The first-order valence-electron chi connectivity index (χ1n) is 10.0. The van der Waals surface area contributed by atoms with Gasteiger partial charge in [0, 0.05) is 23.7 Å². The molecule has 0 bridgehead atoms. The van der Waals surface area contributed by atoms with Gasteiger partial charge in [-0.15, -0.1) is 0 Å². The lowest BCUT2D eigenvalue weighted by molar-refractivity contribution is -0.127. The van der Waals surface area contributed by atoms with Crippen molar-refractivity contribution in [1.29, 1.82) is 0 Å². The van der Waals surface area contributed by atoms with E-state index >= 15 is 0 Å². The number of hydrogen-bond donors (Lipinski definition) is 2. The Morgan fingerprint density at radius 2 is 1.83 bits per heavy atom. The van der Waals surface area contributed by atoms with E-state index < -0.39 is 24.1 Å². The van der Waals surface area contributed by atoms with Crippen LogP contribution in [0.1, 0.15) is 50.9 Å². The van der Waals surface area contributed by atoms with Gasteiger partial charge in [-0.25, -0.2) is 4.39 Å². The number of hydrogen-bond acceptors (Lipinski definition) is 4. The number of ether oxygens (including phenoxy) is 1. The normalized spacial score (nSPS) is 16.9. The molecule has 30 heavy (non-hydrogen) atoms. The zero-order valence-electron chi connectivity index (χ0n) is 17.8. The molecule has 1 aromatic carbocycles. The highest BCUT2D eigenvalue weighted by Crippen LogP contribution is 2.21. The van der Waals surface area contributed by atoms with E-state index in [9.17, 15) is 22.8 Å². The molecule has 1 atom stereocenters. The van der Waals surface area contributed by atoms with Gasteiger partial charge in [0.05, 0.1) is 6.04 Å². The third-order valence-electron chi connectivity index (χ3n) is 4.98. The van der Waals surface area contributed by atoms with Crippen molar-refractivity contribution in [1.82, 2.24) is 15.5 Å². The van der Waals surface area contributed by atoms with Crippen LogP contribution < -0.4 is 15.4 Å². The van der Waals surface area contributed by atoms with Crippen molar-refractivity contribution < 1.29 is 27.5 Å². The summed E-state index contributed by atoms with van der Waals surface area (Å²) < 4.78 is 42.4. The maximum atomic E-state index is 13.6. The van der Waals surface area contributed by atoms with E-state index in [-0.39, 0.29) is 29.0 Å². The number of rotatable bonds is 7. The summed E-state index contributed by atoms with van der Waals surface area (Å²) in [5, 5.41) is 5.71. The predicted octanol–water partition coefficient (Wildman–Crippen LogP) is 3.17. The second-order valence-corrected chi connectivity index (χ2v) is 8.66. The average Bonchev–Trinajstić information content (AvgIpc) is 2.63. The number of nitrogens with one attached hydrogen (secondary N) is 2. The Hall–Kier alpha value is -2.29. The van der Waals surface area contributed by atoms with Crippen LogP contribution in [0.2, 0.25) is 0 Å². The standard InChI is InChI=1S/C21H30F3N3O3/c1-13(18(28)26-21(2,3)4)27-7-5-14(6-8-27)12-25-19(29)15-9-16(22)11-17(10-15)30-20(23)24/h9-11,13-14,20H,5-8,12H2,1-4H3,(H,25,29)(H,26,28).